The largest absolute Gasteiger partial charge is 0.455 e. The SMILES string of the molecule is Cc1ccc(S(=O)(=O)N2CCC(C(=O)OCc3nc(C(C)(C)C)no3)CC2)cc1C. The van der Waals surface area contributed by atoms with Crippen molar-refractivity contribution >= 4 is 16.0 Å². The van der Waals surface area contributed by atoms with Gasteiger partial charge in [-0.25, -0.2) is 8.42 Å². The van der Waals surface area contributed by atoms with Gasteiger partial charge in [0.05, 0.1) is 10.8 Å². The highest BCUT2D eigenvalue weighted by atomic mass is 32.2. The molecule has 0 spiro atoms. The molecular formula is C21H29N3O5S. The van der Waals surface area contributed by atoms with Crippen LogP contribution in [0.5, 0.6) is 0 Å². The molecule has 0 N–H and O–H groups in total. The van der Waals surface area contributed by atoms with Gasteiger partial charge in [0.15, 0.2) is 12.4 Å². The quantitative estimate of drug-likeness (QED) is 0.665. The summed E-state index contributed by atoms with van der Waals surface area (Å²) in [5.74, 6) is 0.0939. The van der Waals surface area contributed by atoms with Crippen molar-refractivity contribution in [2.45, 2.75) is 64.4 Å². The number of ether oxygens (including phenoxy) is 1. The molecule has 1 aliphatic rings. The molecule has 1 saturated heterocycles. The minimum Gasteiger partial charge on any atom is -0.455 e. The van der Waals surface area contributed by atoms with Crippen molar-refractivity contribution in [3.05, 3.63) is 41.0 Å². The van der Waals surface area contributed by atoms with Crippen LogP contribution in [0.3, 0.4) is 0 Å². The molecule has 8 nitrogen and oxygen atoms in total. The van der Waals surface area contributed by atoms with E-state index in [1.165, 1.54) is 4.31 Å². The summed E-state index contributed by atoms with van der Waals surface area (Å²) >= 11 is 0. The van der Waals surface area contributed by atoms with Gasteiger partial charge in [-0.3, -0.25) is 4.79 Å². The van der Waals surface area contributed by atoms with Crippen LogP contribution < -0.4 is 0 Å². The lowest BCUT2D eigenvalue weighted by molar-refractivity contribution is -0.152. The third-order valence-corrected chi connectivity index (χ3v) is 7.27. The molecule has 2 aromatic rings. The van der Waals surface area contributed by atoms with E-state index in [0.29, 0.717) is 18.7 Å². The summed E-state index contributed by atoms with van der Waals surface area (Å²) in [6.45, 7) is 10.2. The smallest absolute Gasteiger partial charge is 0.309 e. The molecule has 1 aliphatic heterocycles. The molecule has 0 saturated carbocycles. The fraction of sp³-hybridized carbons (Fsp3) is 0.571. The Kier molecular flexibility index (Phi) is 6.33. The Morgan fingerprint density at radius 2 is 1.87 bits per heavy atom. The summed E-state index contributed by atoms with van der Waals surface area (Å²) in [4.78, 5) is 16.9. The predicted molar refractivity (Wildman–Crippen MR) is 110 cm³/mol. The van der Waals surface area contributed by atoms with Crippen molar-refractivity contribution in [3.8, 4) is 0 Å². The molecule has 2 heterocycles. The summed E-state index contributed by atoms with van der Waals surface area (Å²) in [5, 5.41) is 3.90. The number of hydrogen-bond acceptors (Lipinski definition) is 7. The maximum absolute atomic E-state index is 12.9. The topological polar surface area (TPSA) is 103 Å². The second-order valence-electron chi connectivity index (χ2n) is 8.79. The van der Waals surface area contributed by atoms with Crippen LogP contribution in [0.4, 0.5) is 0 Å². The monoisotopic (exact) mass is 435 g/mol. The van der Waals surface area contributed by atoms with Crippen LogP contribution in [-0.2, 0) is 31.6 Å². The van der Waals surface area contributed by atoms with E-state index in [2.05, 4.69) is 10.1 Å². The lowest BCUT2D eigenvalue weighted by Crippen LogP contribution is -2.40. The molecular weight excluding hydrogens is 406 g/mol. The van der Waals surface area contributed by atoms with Crippen LogP contribution in [0.15, 0.2) is 27.6 Å². The zero-order valence-electron chi connectivity index (χ0n) is 18.1. The molecule has 0 atom stereocenters. The van der Waals surface area contributed by atoms with Crippen molar-refractivity contribution in [2.24, 2.45) is 5.92 Å². The van der Waals surface area contributed by atoms with Gasteiger partial charge in [-0.05, 0) is 49.9 Å². The summed E-state index contributed by atoms with van der Waals surface area (Å²) in [5.41, 5.74) is 1.73. The van der Waals surface area contributed by atoms with Crippen LogP contribution in [0.25, 0.3) is 0 Å². The minimum atomic E-state index is -3.57. The normalized spacial score (nSPS) is 16.6. The van der Waals surface area contributed by atoms with Crippen molar-refractivity contribution in [2.75, 3.05) is 13.1 Å². The molecule has 30 heavy (non-hydrogen) atoms. The summed E-state index contributed by atoms with van der Waals surface area (Å²) in [6, 6.07) is 5.14. The zero-order valence-corrected chi connectivity index (χ0v) is 19.0. The highest BCUT2D eigenvalue weighted by Gasteiger charge is 2.33. The average Bonchev–Trinajstić information content (AvgIpc) is 3.18. The number of piperidine rings is 1. The Morgan fingerprint density at radius 1 is 1.20 bits per heavy atom. The number of sulfonamides is 1. The highest BCUT2D eigenvalue weighted by molar-refractivity contribution is 7.89. The number of hydrogen-bond donors (Lipinski definition) is 0. The number of carbonyl (C=O) groups is 1. The second-order valence-corrected chi connectivity index (χ2v) is 10.7. The Hall–Kier alpha value is -2.26. The predicted octanol–water partition coefficient (Wildman–Crippen LogP) is 3.13. The Labute approximate surface area is 177 Å². The summed E-state index contributed by atoms with van der Waals surface area (Å²) < 4.78 is 37.7. The van der Waals surface area contributed by atoms with Crippen LogP contribution in [-0.4, -0.2) is 41.9 Å². The zero-order chi connectivity index (χ0) is 22.1. The standard InChI is InChI=1S/C21H29N3O5S/c1-14-6-7-17(12-15(14)2)30(26,27)24-10-8-16(9-11-24)19(25)28-13-18-22-20(23-29-18)21(3,4)5/h6-7,12,16H,8-11,13H2,1-5H3. The van der Waals surface area contributed by atoms with E-state index < -0.39 is 10.0 Å². The van der Waals surface area contributed by atoms with Gasteiger partial charge in [-0.1, -0.05) is 32.0 Å². The Morgan fingerprint density at radius 3 is 2.43 bits per heavy atom. The van der Waals surface area contributed by atoms with E-state index in [1.54, 1.807) is 12.1 Å². The first-order valence-electron chi connectivity index (χ1n) is 10.1. The van der Waals surface area contributed by atoms with Crippen molar-refractivity contribution < 1.29 is 22.5 Å². The minimum absolute atomic E-state index is 0.0803. The van der Waals surface area contributed by atoms with Gasteiger partial charge in [0, 0.05) is 18.5 Å². The highest BCUT2D eigenvalue weighted by Crippen LogP contribution is 2.26. The molecule has 0 aliphatic carbocycles. The Balaban J connectivity index is 1.55. The molecule has 164 valence electrons. The van der Waals surface area contributed by atoms with Gasteiger partial charge < -0.3 is 9.26 Å². The number of nitrogens with zero attached hydrogens (tertiary/aromatic N) is 3. The van der Waals surface area contributed by atoms with Gasteiger partial charge in [0.2, 0.25) is 10.0 Å². The van der Waals surface area contributed by atoms with Crippen molar-refractivity contribution in [1.29, 1.82) is 0 Å². The number of carbonyl (C=O) groups excluding carboxylic acids is 1. The number of aromatic nitrogens is 2. The molecule has 1 fully saturated rings. The molecule has 0 radical (unpaired) electrons. The van der Waals surface area contributed by atoms with Crippen molar-refractivity contribution in [3.63, 3.8) is 0 Å². The fourth-order valence-corrected chi connectivity index (χ4v) is 4.78. The third-order valence-electron chi connectivity index (χ3n) is 5.38. The lowest BCUT2D eigenvalue weighted by atomic mass is 9.96. The van der Waals surface area contributed by atoms with Gasteiger partial charge in [-0.15, -0.1) is 0 Å². The molecule has 9 heteroatoms. The first kappa shape index (κ1) is 22.4. The van der Waals surface area contributed by atoms with E-state index >= 15 is 0 Å². The molecule has 1 aromatic carbocycles. The van der Waals surface area contributed by atoms with E-state index in [4.69, 9.17) is 9.26 Å². The maximum atomic E-state index is 12.9. The van der Waals surface area contributed by atoms with Gasteiger partial charge in [-0.2, -0.15) is 9.29 Å². The van der Waals surface area contributed by atoms with Gasteiger partial charge in [0.1, 0.15) is 0 Å². The average molecular weight is 436 g/mol. The summed E-state index contributed by atoms with van der Waals surface area (Å²) in [6.07, 6.45) is 0.833. The lowest BCUT2D eigenvalue weighted by Gasteiger charge is -2.30. The van der Waals surface area contributed by atoms with Crippen LogP contribution in [0.2, 0.25) is 0 Å². The first-order chi connectivity index (χ1) is 14.0. The number of esters is 1. The van der Waals surface area contributed by atoms with E-state index in [1.807, 2.05) is 40.7 Å². The third kappa shape index (κ3) is 4.89. The first-order valence-corrected chi connectivity index (χ1v) is 11.5. The van der Waals surface area contributed by atoms with E-state index in [-0.39, 0.29) is 47.8 Å². The Bertz CT molecular complexity index is 1020. The molecule has 1 aromatic heterocycles. The fourth-order valence-electron chi connectivity index (χ4n) is 3.22. The van der Waals surface area contributed by atoms with Gasteiger partial charge >= 0.3 is 5.97 Å². The number of benzene rings is 1. The number of aryl methyl sites for hydroxylation is 2. The summed E-state index contributed by atoms with van der Waals surface area (Å²) in [7, 11) is -3.57. The molecule has 3 rings (SSSR count). The van der Waals surface area contributed by atoms with Crippen LogP contribution in [0, 0.1) is 19.8 Å². The molecule has 0 unspecified atom stereocenters. The van der Waals surface area contributed by atoms with Crippen LogP contribution >= 0.6 is 0 Å². The van der Waals surface area contributed by atoms with E-state index in [0.717, 1.165) is 11.1 Å². The number of rotatable bonds is 5. The maximum Gasteiger partial charge on any atom is 0.309 e. The molecule has 0 amide bonds. The van der Waals surface area contributed by atoms with E-state index in [9.17, 15) is 13.2 Å². The van der Waals surface area contributed by atoms with Gasteiger partial charge in [0.25, 0.3) is 5.89 Å². The second kappa shape index (κ2) is 8.47. The van der Waals surface area contributed by atoms with Crippen molar-refractivity contribution in [1.82, 2.24) is 14.4 Å². The molecule has 0 bridgehead atoms. The van der Waals surface area contributed by atoms with Crippen LogP contribution in [0.1, 0.15) is 56.5 Å².